The summed E-state index contributed by atoms with van der Waals surface area (Å²) in [6.45, 7) is 2.10. The van der Waals surface area contributed by atoms with E-state index in [0.717, 1.165) is 6.32 Å². The molecule has 0 rings (SSSR count). The van der Waals surface area contributed by atoms with E-state index in [1.807, 2.05) is 0 Å². The third kappa shape index (κ3) is 8.09. The zero-order chi connectivity index (χ0) is 7.11. The van der Waals surface area contributed by atoms with Gasteiger partial charge in [-0.05, 0) is 0 Å². The van der Waals surface area contributed by atoms with Gasteiger partial charge in [0.25, 0.3) is 0 Å². The molecule has 0 unspecified atom stereocenters. The van der Waals surface area contributed by atoms with Crippen molar-refractivity contribution in [1.29, 1.82) is 0 Å². The van der Waals surface area contributed by atoms with Crippen molar-refractivity contribution in [2.45, 2.75) is 38.9 Å². The van der Waals surface area contributed by atoms with Crippen molar-refractivity contribution in [1.82, 2.24) is 0 Å². The van der Waals surface area contributed by atoms with Gasteiger partial charge in [0.15, 0.2) is 6.74 Å². The van der Waals surface area contributed by atoms with Gasteiger partial charge >= 0.3 is 0 Å². The zero-order valence-electron chi connectivity index (χ0n) is 6.27. The second kappa shape index (κ2) is 6.21. The Morgan fingerprint density at radius 2 is 2.00 bits per heavy atom. The fraction of sp³-hybridized carbons (Fsp3) is 1.00. The van der Waals surface area contributed by atoms with Gasteiger partial charge in [0.05, 0.1) is 0 Å². The molecule has 2 N–H and O–H groups in total. The number of unbranched alkanes of at least 4 members (excludes halogenated alkanes) is 3. The van der Waals surface area contributed by atoms with Crippen molar-refractivity contribution in [3.63, 3.8) is 0 Å². The van der Waals surface area contributed by atoms with Gasteiger partial charge in [-0.25, -0.2) is 0 Å². The molecular weight excluding hydrogens is 108 g/mol. The SMILES string of the molecule is [B]B(N)CCCCCC. The summed E-state index contributed by atoms with van der Waals surface area (Å²) in [7, 11) is 5.35. The van der Waals surface area contributed by atoms with E-state index >= 15 is 0 Å². The minimum Gasteiger partial charge on any atom is -0.377 e. The van der Waals surface area contributed by atoms with Crippen molar-refractivity contribution in [3.05, 3.63) is 0 Å². The lowest BCUT2D eigenvalue weighted by atomic mass is 9.41. The lowest BCUT2D eigenvalue weighted by molar-refractivity contribution is 0.699. The first kappa shape index (κ1) is 9.09. The van der Waals surface area contributed by atoms with E-state index in [0.29, 0.717) is 0 Å². The van der Waals surface area contributed by atoms with Crippen LogP contribution in [0.3, 0.4) is 0 Å². The molecule has 0 bridgehead atoms. The Bertz CT molecular complexity index is 57.0. The highest BCUT2D eigenvalue weighted by Crippen LogP contribution is 2.02. The van der Waals surface area contributed by atoms with Gasteiger partial charge in [0.2, 0.25) is 0 Å². The monoisotopic (exact) mass is 123 g/mol. The molecule has 0 saturated heterocycles. The number of hydrogen-bond donors (Lipinski definition) is 1. The van der Waals surface area contributed by atoms with E-state index in [9.17, 15) is 0 Å². The maximum Gasteiger partial charge on any atom is 0.162 e. The lowest BCUT2D eigenvalue weighted by Gasteiger charge is -1.99. The quantitative estimate of drug-likeness (QED) is 0.431. The van der Waals surface area contributed by atoms with Crippen molar-refractivity contribution in [2.75, 3.05) is 0 Å². The molecular formula is C6H15B2N. The van der Waals surface area contributed by atoms with Crippen LogP contribution in [0.5, 0.6) is 0 Å². The molecule has 50 valence electrons. The highest BCUT2D eigenvalue weighted by atomic mass is 14.4. The second-order valence-corrected chi connectivity index (χ2v) is 2.51. The summed E-state index contributed by atoms with van der Waals surface area (Å²) >= 11 is 0. The third-order valence-electron chi connectivity index (χ3n) is 1.39. The van der Waals surface area contributed by atoms with Gasteiger partial charge in [-0.3, -0.25) is 0 Å². The molecule has 0 saturated carbocycles. The van der Waals surface area contributed by atoms with E-state index < -0.39 is 0 Å². The molecule has 0 heterocycles. The Hall–Kier alpha value is 0.0899. The molecule has 0 amide bonds. The number of rotatable bonds is 5. The Kier molecular flexibility index (Phi) is 6.28. The Morgan fingerprint density at radius 1 is 1.33 bits per heavy atom. The summed E-state index contributed by atoms with van der Waals surface area (Å²) in [6, 6.07) is 0. The molecule has 3 heteroatoms. The summed E-state index contributed by atoms with van der Waals surface area (Å²) < 4.78 is 0. The highest BCUT2D eigenvalue weighted by Gasteiger charge is 1.96. The van der Waals surface area contributed by atoms with Gasteiger partial charge < -0.3 is 5.64 Å². The largest absolute Gasteiger partial charge is 0.377 e. The van der Waals surface area contributed by atoms with Gasteiger partial charge in [-0.2, -0.15) is 0 Å². The van der Waals surface area contributed by atoms with Crippen molar-refractivity contribution in [3.8, 4) is 0 Å². The maximum atomic E-state index is 5.35. The van der Waals surface area contributed by atoms with Crippen LogP contribution in [0.15, 0.2) is 0 Å². The average Bonchev–Trinajstić information content (AvgIpc) is 1.80. The van der Waals surface area contributed by atoms with Crippen LogP contribution in [0.4, 0.5) is 0 Å². The first-order valence-electron chi connectivity index (χ1n) is 3.78. The third-order valence-corrected chi connectivity index (χ3v) is 1.39. The molecule has 0 atom stereocenters. The molecule has 0 aromatic heterocycles. The average molecular weight is 123 g/mol. The van der Waals surface area contributed by atoms with E-state index in [2.05, 4.69) is 6.92 Å². The predicted octanol–water partition coefficient (Wildman–Crippen LogP) is 1.18. The Morgan fingerprint density at radius 3 is 2.44 bits per heavy atom. The van der Waals surface area contributed by atoms with Gasteiger partial charge in [-0.1, -0.05) is 38.9 Å². The van der Waals surface area contributed by atoms with Crippen LogP contribution in [0.2, 0.25) is 6.32 Å². The minimum absolute atomic E-state index is 0.0955. The van der Waals surface area contributed by atoms with Gasteiger partial charge in [-0.15, -0.1) is 0 Å². The molecule has 0 aromatic carbocycles. The normalized spacial score (nSPS) is 9.56. The summed E-state index contributed by atoms with van der Waals surface area (Å²) in [6.07, 6.45) is 6.03. The molecule has 9 heavy (non-hydrogen) atoms. The van der Waals surface area contributed by atoms with E-state index in [4.69, 9.17) is 13.4 Å². The minimum atomic E-state index is -0.0955. The summed E-state index contributed by atoms with van der Waals surface area (Å²) in [5.41, 5.74) is 5.35. The summed E-state index contributed by atoms with van der Waals surface area (Å²) in [4.78, 5) is 0. The standard InChI is InChI=1S/C6H15B2N/c1-2-3-4-5-6-8(7)9/h2-6,9H2,1H3. The van der Waals surface area contributed by atoms with Crippen LogP contribution in [0, 0.1) is 0 Å². The first-order valence-corrected chi connectivity index (χ1v) is 3.78. The van der Waals surface area contributed by atoms with Crippen molar-refractivity contribution < 1.29 is 0 Å². The Labute approximate surface area is 59.9 Å². The molecule has 0 aliphatic carbocycles. The van der Waals surface area contributed by atoms with Crippen molar-refractivity contribution >= 4 is 14.5 Å². The van der Waals surface area contributed by atoms with Crippen LogP contribution in [-0.4, -0.2) is 14.5 Å². The molecule has 0 fully saturated rings. The maximum absolute atomic E-state index is 5.35. The van der Waals surface area contributed by atoms with Crippen LogP contribution in [0.25, 0.3) is 0 Å². The summed E-state index contributed by atoms with van der Waals surface area (Å²) in [5, 5.41) is 0. The fourth-order valence-electron chi connectivity index (χ4n) is 0.807. The second-order valence-electron chi connectivity index (χ2n) is 2.51. The smallest absolute Gasteiger partial charge is 0.162 e. The summed E-state index contributed by atoms with van der Waals surface area (Å²) in [5.74, 6) is 0. The molecule has 1 nitrogen and oxygen atoms in total. The van der Waals surface area contributed by atoms with E-state index in [1.165, 1.54) is 25.7 Å². The van der Waals surface area contributed by atoms with E-state index in [1.54, 1.807) is 0 Å². The topological polar surface area (TPSA) is 26.0 Å². The molecule has 2 radical (unpaired) electrons. The van der Waals surface area contributed by atoms with Crippen LogP contribution in [0.1, 0.15) is 32.6 Å². The predicted molar refractivity (Wildman–Crippen MR) is 44.6 cm³/mol. The fourth-order valence-corrected chi connectivity index (χ4v) is 0.807. The molecule has 0 spiro atoms. The van der Waals surface area contributed by atoms with Gasteiger partial charge in [0, 0.05) is 7.74 Å². The molecule has 0 aliphatic heterocycles. The first-order chi connectivity index (χ1) is 4.27. The van der Waals surface area contributed by atoms with E-state index in [-0.39, 0.29) is 6.74 Å². The molecule has 0 aromatic rings. The van der Waals surface area contributed by atoms with Gasteiger partial charge in [0.1, 0.15) is 0 Å². The highest BCUT2D eigenvalue weighted by molar-refractivity contribution is 7.01. The van der Waals surface area contributed by atoms with Crippen LogP contribution >= 0.6 is 0 Å². The Balaban J connectivity index is 2.75. The number of nitrogens with two attached hydrogens (primary N) is 1. The molecule has 0 aliphatic rings. The number of hydrogen-bond acceptors (Lipinski definition) is 1. The lowest BCUT2D eigenvalue weighted by Crippen LogP contribution is -2.25. The zero-order valence-corrected chi connectivity index (χ0v) is 6.27. The van der Waals surface area contributed by atoms with Crippen molar-refractivity contribution in [2.24, 2.45) is 5.64 Å². The van der Waals surface area contributed by atoms with Crippen LogP contribution in [-0.2, 0) is 0 Å². The van der Waals surface area contributed by atoms with Crippen LogP contribution < -0.4 is 5.64 Å².